The first-order valence-corrected chi connectivity index (χ1v) is 13.9. The van der Waals surface area contributed by atoms with Gasteiger partial charge in [0.1, 0.15) is 0 Å². The number of benzene rings is 1. The van der Waals surface area contributed by atoms with Crippen LogP contribution in [0.25, 0.3) is 17.3 Å². The first-order valence-electron chi connectivity index (χ1n) is 13.9. The molecule has 4 rings (SSSR count). The number of fused-ring (bicyclic) bond motifs is 1. The number of nitrogens with one attached hydrogen (secondary N) is 1. The number of ketones is 1. The Labute approximate surface area is 218 Å². The van der Waals surface area contributed by atoms with Gasteiger partial charge in [0.2, 0.25) is 0 Å². The van der Waals surface area contributed by atoms with Gasteiger partial charge in [-0.05, 0) is 131 Å². The fourth-order valence-corrected chi connectivity index (χ4v) is 5.72. The zero-order valence-corrected chi connectivity index (χ0v) is 23.0. The number of aromatic amines is 1. The van der Waals surface area contributed by atoms with Crippen LogP contribution in [0.4, 0.5) is 0 Å². The summed E-state index contributed by atoms with van der Waals surface area (Å²) < 4.78 is 0. The normalized spacial score (nSPS) is 18.8. The minimum absolute atomic E-state index is 0.353. The molecule has 190 valence electrons. The molecule has 0 saturated heterocycles. The summed E-state index contributed by atoms with van der Waals surface area (Å²) in [5.41, 5.74) is 12.7. The molecule has 0 spiro atoms. The van der Waals surface area contributed by atoms with Crippen LogP contribution in [0, 0.1) is 12.8 Å². The van der Waals surface area contributed by atoms with Crippen LogP contribution >= 0.6 is 0 Å². The maximum atomic E-state index is 13.3. The molecule has 1 aromatic carbocycles. The number of allylic oxidation sites excluding steroid dienone is 7. The highest BCUT2D eigenvalue weighted by Gasteiger charge is 2.18. The fraction of sp³-hybridized carbons (Fsp3) is 0.441. The van der Waals surface area contributed by atoms with Crippen LogP contribution in [0.1, 0.15) is 95.9 Å². The van der Waals surface area contributed by atoms with Crippen molar-refractivity contribution in [2.75, 3.05) is 0 Å². The SMILES string of the molecule is CCC1C=C(C)C(C)=C(C(=O)CCCC2=Cc3cc(-c4cccc(C)c4)[nH]c3CCC(C)=C2)CCC1. The summed E-state index contributed by atoms with van der Waals surface area (Å²) in [5.74, 6) is 1.01. The molecule has 1 aromatic heterocycles. The molecule has 1 heterocycles. The smallest absolute Gasteiger partial charge is 0.159 e. The van der Waals surface area contributed by atoms with Crippen molar-refractivity contribution in [3.8, 4) is 11.3 Å². The largest absolute Gasteiger partial charge is 0.358 e. The van der Waals surface area contributed by atoms with Crippen molar-refractivity contribution in [2.24, 2.45) is 5.92 Å². The lowest BCUT2D eigenvalue weighted by Gasteiger charge is -2.19. The Hall–Kier alpha value is -2.87. The van der Waals surface area contributed by atoms with Crippen LogP contribution < -0.4 is 0 Å². The van der Waals surface area contributed by atoms with Crippen molar-refractivity contribution in [3.05, 3.63) is 87.2 Å². The molecule has 36 heavy (non-hydrogen) atoms. The number of H-pyrrole nitrogens is 1. The summed E-state index contributed by atoms with van der Waals surface area (Å²) >= 11 is 0. The van der Waals surface area contributed by atoms with Crippen molar-refractivity contribution >= 4 is 11.9 Å². The van der Waals surface area contributed by atoms with Gasteiger partial charge in [-0.1, -0.05) is 54.0 Å². The van der Waals surface area contributed by atoms with E-state index in [4.69, 9.17) is 0 Å². The summed E-state index contributed by atoms with van der Waals surface area (Å²) in [5, 5.41) is 0. The van der Waals surface area contributed by atoms with Crippen LogP contribution in [0.15, 0.2) is 70.3 Å². The number of rotatable bonds is 7. The van der Waals surface area contributed by atoms with Crippen molar-refractivity contribution in [2.45, 2.75) is 92.4 Å². The summed E-state index contributed by atoms with van der Waals surface area (Å²) in [6.45, 7) is 11.0. The van der Waals surface area contributed by atoms with Gasteiger partial charge in [0.25, 0.3) is 0 Å². The number of hydrogen-bond acceptors (Lipinski definition) is 1. The third-order valence-electron chi connectivity index (χ3n) is 8.07. The van der Waals surface area contributed by atoms with E-state index in [0.717, 1.165) is 44.1 Å². The number of carbonyl (C=O) groups excluding carboxylic acids is 1. The Bertz CT molecular complexity index is 1230. The second kappa shape index (κ2) is 11.9. The average molecular weight is 482 g/mol. The van der Waals surface area contributed by atoms with Gasteiger partial charge in [0, 0.05) is 17.8 Å². The highest BCUT2D eigenvalue weighted by atomic mass is 16.1. The molecule has 0 fully saturated rings. The summed E-state index contributed by atoms with van der Waals surface area (Å²) in [6, 6.07) is 11.0. The maximum Gasteiger partial charge on any atom is 0.159 e. The second-order valence-electron chi connectivity index (χ2n) is 11.0. The van der Waals surface area contributed by atoms with Gasteiger partial charge < -0.3 is 4.98 Å². The van der Waals surface area contributed by atoms with Crippen LogP contribution in [0.2, 0.25) is 0 Å². The predicted molar refractivity (Wildman–Crippen MR) is 154 cm³/mol. The number of aryl methyl sites for hydroxylation is 2. The summed E-state index contributed by atoms with van der Waals surface area (Å²) in [6.07, 6.45) is 16.1. The van der Waals surface area contributed by atoms with Crippen LogP contribution in [-0.2, 0) is 11.2 Å². The van der Waals surface area contributed by atoms with Crippen LogP contribution in [0.5, 0.6) is 0 Å². The molecular formula is C34H43NO. The molecule has 0 amide bonds. The van der Waals surface area contributed by atoms with E-state index in [9.17, 15) is 4.79 Å². The Kier molecular flexibility index (Phi) is 8.67. The molecule has 1 N–H and O–H groups in total. The fourth-order valence-electron chi connectivity index (χ4n) is 5.72. The molecule has 1 atom stereocenters. The van der Waals surface area contributed by atoms with E-state index in [0.29, 0.717) is 18.1 Å². The monoisotopic (exact) mass is 481 g/mol. The second-order valence-corrected chi connectivity index (χ2v) is 11.0. The Morgan fingerprint density at radius 3 is 2.64 bits per heavy atom. The van der Waals surface area contributed by atoms with Crippen LogP contribution in [0.3, 0.4) is 0 Å². The minimum atomic E-state index is 0.353. The van der Waals surface area contributed by atoms with Gasteiger partial charge in [-0.25, -0.2) is 0 Å². The van der Waals surface area contributed by atoms with Crippen LogP contribution in [-0.4, -0.2) is 10.8 Å². The maximum absolute atomic E-state index is 13.3. The van der Waals surface area contributed by atoms with E-state index in [1.807, 2.05) is 0 Å². The minimum Gasteiger partial charge on any atom is -0.358 e. The standard InChI is InChI=1S/C34H43NO/c1-6-27-11-8-14-31(26(5)25(4)20-27)34(36)15-9-12-28-18-24(3)16-17-32-30(21-28)22-33(35-32)29-13-7-10-23(2)19-29/h7,10,13,18-22,27,35H,6,8-9,11-12,14-17H2,1-5H3. The van der Waals surface area contributed by atoms with Gasteiger partial charge in [-0.15, -0.1) is 0 Å². The summed E-state index contributed by atoms with van der Waals surface area (Å²) in [7, 11) is 0. The quantitative estimate of drug-likeness (QED) is 0.419. The third kappa shape index (κ3) is 6.46. The average Bonchev–Trinajstić information content (AvgIpc) is 3.24. The molecule has 0 radical (unpaired) electrons. The lowest BCUT2D eigenvalue weighted by atomic mass is 9.85. The topological polar surface area (TPSA) is 32.9 Å². The Balaban J connectivity index is 1.48. The van der Waals surface area contributed by atoms with Crippen molar-refractivity contribution in [1.82, 2.24) is 4.98 Å². The molecule has 2 heteroatoms. The van der Waals surface area contributed by atoms with E-state index >= 15 is 0 Å². The van der Waals surface area contributed by atoms with Gasteiger partial charge >= 0.3 is 0 Å². The predicted octanol–water partition coefficient (Wildman–Crippen LogP) is 9.48. The highest BCUT2D eigenvalue weighted by Crippen LogP contribution is 2.31. The zero-order chi connectivity index (χ0) is 25.7. The molecular weight excluding hydrogens is 438 g/mol. The zero-order valence-electron chi connectivity index (χ0n) is 23.0. The number of hydrogen-bond donors (Lipinski definition) is 1. The Morgan fingerprint density at radius 2 is 1.86 bits per heavy atom. The first kappa shape index (κ1) is 26.2. The highest BCUT2D eigenvalue weighted by molar-refractivity contribution is 5.96. The molecule has 0 aliphatic heterocycles. The van der Waals surface area contributed by atoms with Gasteiger partial charge in [0.05, 0.1) is 0 Å². The van der Waals surface area contributed by atoms with Crippen molar-refractivity contribution < 1.29 is 4.79 Å². The van der Waals surface area contributed by atoms with E-state index in [1.165, 1.54) is 63.2 Å². The number of carbonyl (C=O) groups is 1. The number of aromatic nitrogens is 1. The molecule has 2 aromatic rings. The van der Waals surface area contributed by atoms with E-state index in [-0.39, 0.29) is 0 Å². The Morgan fingerprint density at radius 1 is 1.03 bits per heavy atom. The third-order valence-corrected chi connectivity index (χ3v) is 8.07. The van der Waals surface area contributed by atoms with E-state index in [1.54, 1.807) is 0 Å². The van der Waals surface area contributed by atoms with Gasteiger partial charge in [-0.3, -0.25) is 4.79 Å². The van der Waals surface area contributed by atoms with E-state index in [2.05, 4.69) is 88.2 Å². The van der Waals surface area contributed by atoms with E-state index < -0.39 is 0 Å². The van der Waals surface area contributed by atoms with Crippen molar-refractivity contribution in [1.29, 1.82) is 0 Å². The van der Waals surface area contributed by atoms with Crippen molar-refractivity contribution in [3.63, 3.8) is 0 Å². The molecule has 0 saturated carbocycles. The molecule has 0 bridgehead atoms. The lowest BCUT2D eigenvalue weighted by Crippen LogP contribution is -2.10. The van der Waals surface area contributed by atoms with Gasteiger partial charge in [-0.2, -0.15) is 0 Å². The lowest BCUT2D eigenvalue weighted by molar-refractivity contribution is -0.115. The molecule has 2 aliphatic carbocycles. The first-order chi connectivity index (χ1) is 17.3. The van der Waals surface area contributed by atoms with Gasteiger partial charge in [0.15, 0.2) is 5.78 Å². The summed E-state index contributed by atoms with van der Waals surface area (Å²) in [4.78, 5) is 17.0. The molecule has 2 nitrogen and oxygen atoms in total. The molecule has 1 unspecified atom stereocenters. The molecule has 2 aliphatic rings. The number of Topliss-reactive ketones (excluding diaryl/α,β-unsaturated/α-hetero) is 1.